The van der Waals surface area contributed by atoms with Gasteiger partial charge in [0.25, 0.3) is 0 Å². The number of rotatable bonds is 20. The van der Waals surface area contributed by atoms with E-state index >= 15 is 0 Å². The maximum absolute atomic E-state index is 2.58. The van der Waals surface area contributed by atoms with Crippen LogP contribution in [0.2, 0.25) is 0 Å². The Labute approximate surface area is 212 Å². The largest absolute Gasteiger partial charge is 0.0649 e. The lowest BCUT2D eigenvalue weighted by Crippen LogP contribution is -2.18. The third-order valence-corrected chi connectivity index (χ3v) is 10.1. The molecule has 0 aliphatic rings. The van der Waals surface area contributed by atoms with Crippen LogP contribution >= 0.6 is 0 Å². The molecule has 0 N–H and O–H groups in total. The molecule has 33 heavy (non-hydrogen) atoms. The highest BCUT2D eigenvalue weighted by Gasteiger charge is 2.23. The molecule has 0 aromatic rings. The first-order valence-electron chi connectivity index (χ1n) is 15.3. The van der Waals surface area contributed by atoms with E-state index in [0.29, 0.717) is 5.41 Å². The quantitative estimate of drug-likeness (QED) is 0.168. The Bertz CT molecular complexity index is 449. The molecule has 0 heterocycles. The zero-order valence-electron chi connectivity index (χ0n) is 25.6. The minimum Gasteiger partial charge on any atom is -0.0649 e. The van der Waals surface area contributed by atoms with Gasteiger partial charge < -0.3 is 0 Å². The molecule has 7 atom stereocenters. The Morgan fingerprint density at radius 2 is 0.848 bits per heavy atom. The average molecular weight is 465 g/mol. The van der Waals surface area contributed by atoms with E-state index in [9.17, 15) is 0 Å². The second-order valence-corrected chi connectivity index (χ2v) is 13.9. The Morgan fingerprint density at radius 1 is 0.455 bits per heavy atom. The number of hydrogen-bond donors (Lipinski definition) is 0. The van der Waals surface area contributed by atoms with Gasteiger partial charge in [0.15, 0.2) is 0 Å². The molecular weight excluding hydrogens is 396 g/mol. The van der Waals surface area contributed by atoms with Crippen LogP contribution in [0.3, 0.4) is 0 Å². The van der Waals surface area contributed by atoms with Gasteiger partial charge in [0.2, 0.25) is 0 Å². The second kappa shape index (κ2) is 17.4. The molecular formula is C33H68. The van der Waals surface area contributed by atoms with Crippen molar-refractivity contribution in [3.05, 3.63) is 0 Å². The summed E-state index contributed by atoms with van der Waals surface area (Å²) in [6.07, 6.45) is 17.0. The van der Waals surface area contributed by atoms with Crippen LogP contribution in [0.5, 0.6) is 0 Å². The van der Waals surface area contributed by atoms with Crippen molar-refractivity contribution in [2.75, 3.05) is 0 Å². The molecule has 0 saturated heterocycles. The van der Waals surface area contributed by atoms with E-state index < -0.39 is 0 Å². The van der Waals surface area contributed by atoms with E-state index in [1.54, 1.807) is 0 Å². The van der Waals surface area contributed by atoms with E-state index in [4.69, 9.17) is 0 Å². The van der Waals surface area contributed by atoms with Crippen LogP contribution in [0.1, 0.15) is 160 Å². The summed E-state index contributed by atoms with van der Waals surface area (Å²) in [5.41, 5.74) is 0.561. The van der Waals surface area contributed by atoms with Crippen LogP contribution in [-0.2, 0) is 0 Å². The monoisotopic (exact) mass is 465 g/mol. The second-order valence-electron chi connectivity index (χ2n) is 13.9. The predicted molar refractivity (Wildman–Crippen MR) is 154 cm³/mol. The van der Waals surface area contributed by atoms with Gasteiger partial charge in [-0.1, -0.05) is 147 Å². The molecule has 0 saturated carbocycles. The predicted octanol–water partition coefficient (Wildman–Crippen LogP) is 11.8. The zero-order chi connectivity index (χ0) is 25.6. The van der Waals surface area contributed by atoms with Crippen LogP contribution < -0.4 is 0 Å². The van der Waals surface area contributed by atoms with Crippen molar-refractivity contribution in [3.8, 4) is 0 Å². The summed E-state index contributed by atoms with van der Waals surface area (Å²) in [6, 6.07) is 0. The molecule has 0 aromatic carbocycles. The van der Waals surface area contributed by atoms with Crippen LogP contribution in [0.15, 0.2) is 0 Å². The molecule has 0 nitrogen and oxygen atoms in total. The molecule has 0 spiro atoms. The van der Waals surface area contributed by atoms with E-state index in [2.05, 4.69) is 83.1 Å². The minimum absolute atomic E-state index is 0.561. The van der Waals surface area contributed by atoms with Gasteiger partial charge in [-0.2, -0.15) is 0 Å². The zero-order valence-corrected chi connectivity index (χ0v) is 25.6. The summed E-state index contributed by atoms with van der Waals surface area (Å²) in [5.74, 6) is 6.96. The highest BCUT2D eigenvalue weighted by atomic mass is 14.3. The van der Waals surface area contributed by atoms with Gasteiger partial charge in [0.1, 0.15) is 0 Å². The molecule has 0 aliphatic heterocycles. The van der Waals surface area contributed by atoms with Crippen molar-refractivity contribution in [2.24, 2.45) is 52.8 Å². The smallest absolute Gasteiger partial charge is 0.0328 e. The van der Waals surface area contributed by atoms with E-state index in [0.717, 1.165) is 47.3 Å². The highest BCUT2D eigenvalue weighted by molar-refractivity contribution is 4.75. The van der Waals surface area contributed by atoms with Gasteiger partial charge in [-0.05, 0) is 65.6 Å². The van der Waals surface area contributed by atoms with Crippen molar-refractivity contribution in [3.63, 3.8) is 0 Å². The molecule has 0 aliphatic carbocycles. The molecule has 0 unspecified atom stereocenters. The van der Waals surface area contributed by atoms with Gasteiger partial charge in [0.05, 0.1) is 0 Å². The first-order chi connectivity index (χ1) is 15.3. The highest BCUT2D eigenvalue weighted by Crippen LogP contribution is 2.37. The molecule has 0 amide bonds. The fraction of sp³-hybridized carbons (Fsp3) is 1.00. The first-order valence-corrected chi connectivity index (χ1v) is 15.3. The van der Waals surface area contributed by atoms with E-state index in [-0.39, 0.29) is 0 Å². The fourth-order valence-corrected chi connectivity index (χ4v) is 5.10. The SMILES string of the molecule is CC[C@](C)(CCC[C@H](C)CC[C@H](C)C(C)C)CC[C@H](C)CC[C@H](C)[C@@H](C)CC[C@H](C)C(C)C. The Balaban J connectivity index is 4.20. The lowest BCUT2D eigenvalue weighted by atomic mass is 9.75. The van der Waals surface area contributed by atoms with Crippen molar-refractivity contribution in [2.45, 2.75) is 160 Å². The maximum Gasteiger partial charge on any atom is -0.0328 e. The Hall–Kier alpha value is 0. The van der Waals surface area contributed by atoms with Crippen molar-refractivity contribution in [1.29, 1.82) is 0 Å². The summed E-state index contributed by atoms with van der Waals surface area (Å²) in [6.45, 7) is 29.4. The molecule has 0 aromatic heterocycles. The third kappa shape index (κ3) is 15.6. The van der Waals surface area contributed by atoms with Crippen LogP contribution in [0.25, 0.3) is 0 Å². The third-order valence-electron chi connectivity index (χ3n) is 10.1. The average Bonchev–Trinajstić information content (AvgIpc) is 2.77. The molecule has 0 fully saturated rings. The molecule has 0 bridgehead atoms. The van der Waals surface area contributed by atoms with Crippen molar-refractivity contribution in [1.82, 2.24) is 0 Å². The van der Waals surface area contributed by atoms with Crippen LogP contribution in [0, 0.1) is 52.8 Å². The van der Waals surface area contributed by atoms with Gasteiger partial charge in [-0.3, -0.25) is 0 Å². The first kappa shape index (κ1) is 33.0. The molecule has 200 valence electrons. The van der Waals surface area contributed by atoms with Crippen LogP contribution in [-0.4, -0.2) is 0 Å². The van der Waals surface area contributed by atoms with Crippen molar-refractivity contribution >= 4 is 0 Å². The molecule has 0 heteroatoms. The number of hydrogen-bond acceptors (Lipinski definition) is 0. The summed E-state index contributed by atoms with van der Waals surface area (Å²) in [7, 11) is 0. The summed E-state index contributed by atoms with van der Waals surface area (Å²) in [4.78, 5) is 0. The lowest BCUT2D eigenvalue weighted by Gasteiger charge is -2.31. The van der Waals surface area contributed by atoms with Gasteiger partial charge in [-0.25, -0.2) is 0 Å². The van der Waals surface area contributed by atoms with E-state index in [1.807, 2.05) is 0 Å². The lowest BCUT2D eigenvalue weighted by molar-refractivity contribution is 0.214. The van der Waals surface area contributed by atoms with Gasteiger partial charge in [0, 0.05) is 0 Å². The Kier molecular flexibility index (Phi) is 17.4. The minimum atomic E-state index is 0.561. The topological polar surface area (TPSA) is 0 Å². The van der Waals surface area contributed by atoms with Gasteiger partial charge >= 0.3 is 0 Å². The van der Waals surface area contributed by atoms with Gasteiger partial charge in [-0.15, -0.1) is 0 Å². The molecule has 0 radical (unpaired) electrons. The normalized spacial score (nSPS) is 19.8. The molecule has 0 rings (SSSR count). The fourth-order valence-electron chi connectivity index (χ4n) is 5.10. The standard InChI is InChI=1S/C33H68/c1-13-33(12,23-14-15-27(6)16-18-29(8)25(2)3)24-22-28(7)17-19-31(10)32(11)21-20-30(9)26(4)5/h25-32H,13-24H2,1-12H3/t27-,28+,29-,30-,31-,32-,33+/m0/s1. The van der Waals surface area contributed by atoms with Crippen molar-refractivity contribution < 1.29 is 0 Å². The maximum atomic E-state index is 2.58. The Morgan fingerprint density at radius 3 is 1.30 bits per heavy atom. The summed E-state index contributed by atoms with van der Waals surface area (Å²) < 4.78 is 0. The van der Waals surface area contributed by atoms with E-state index in [1.165, 1.54) is 77.0 Å². The summed E-state index contributed by atoms with van der Waals surface area (Å²) in [5, 5.41) is 0. The van der Waals surface area contributed by atoms with Crippen LogP contribution in [0.4, 0.5) is 0 Å². The summed E-state index contributed by atoms with van der Waals surface area (Å²) >= 11 is 0.